The SMILES string of the molecule is CCCCC(O)c1cc(C(C)(C)C)ccc1C. The van der Waals surface area contributed by atoms with Crippen LogP contribution in [0.2, 0.25) is 0 Å². The van der Waals surface area contributed by atoms with Gasteiger partial charge in [0.2, 0.25) is 0 Å². The largest absolute Gasteiger partial charge is 0.388 e. The van der Waals surface area contributed by atoms with E-state index < -0.39 is 0 Å². The molecule has 1 rings (SSSR count). The second kappa shape index (κ2) is 5.68. The molecule has 96 valence electrons. The van der Waals surface area contributed by atoms with Crippen LogP contribution in [0.3, 0.4) is 0 Å². The van der Waals surface area contributed by atoms with Gasteiger partial charge in [-0.25, -0.2) is 0 Å². The second-order valence-electron chi connectivity index (χ2n) is 5.98. The lowest BCUT2D eigenvalue weighted by Gasteiger charge is -2.22. The molecule has 0 saturated heterocycles. The van der Waals surface area contributed by atoms with Crippen LogP contribution in [0.15, 0.2) is 18.2 Å². The Labute approximate surface area is 106 Å². The Morgan fingerprint density at radius 2 is 1.88 bits per heavy atom. The Morgan fingerprint density at radius 1 is 1.24 bits per heavy atom. The molecule has 1 atom stereocenters. The van der Waals surface area contributed by atoms with Gasteiger partial charge in [0, 0.05) is 0 Å². The third kappa shape index (κ3) is 3.85. The molecule has 0 radical (unpaired) electrons. The summed E-state index contributed by atoms with van der Waals surface area (Å²) in [5.41, 5.74) is 3.74. The summed E-state index contributed by atoms with van der Waals surface area (Å²) < 4.78 is 0. The van der Waals surface area contributed by atoms with Crippen molar-refractivity contribution in [3.05, 3.63) is 34.9 Å². The molecule has 1 heteroatoms. The van der Waals surface area contributed by atoms with Gasteiger partial charge in [-0.3, -0.25) is 0 Å². The lowest BCUT2D eigenvalue weighted by Crippen LogP contribution is -2.12. The van der Waals surface area contributed by atoms with Crippen LogP contribution < -0.4 is 0 Å². The minimum Gasteiger partial charge on any atom is -0.388 e. The Bertz CT molecular complexity index is 360. The Balaban J connectivity index is 2.98. The highest BCUT2D eigenvalue weighted by Gasteiger charge is 2.17. The van der Waals surface area contributed by atoms with E-state index in [4.69, 9.17) is 0 Å². The van der Waals surface area contributed by atoms with Crippen molar-refractivity contribution in [1.29, 1.82) is 0 Å². The van der Waals surface area contributed by atoms with Crippen molar-refractivity contribution in [2.75, 3.05) is 0 Å². The number of aliphatic hydroxyl groups is 1. The topological polar surface area (TPSA) is 20.2 Å². The number of hydrogen-bond donors (Lipinski definition) is 1. The Morgan fingerprint density at radius 3 is 2.41 bits per heavy atom. The monoisotopic (exact) mass is 234 g/mol. The highest BCUT2D eigenvalue weighted by atomic mass is 16.3. The van der Waals surface area contributed by atoms with E-state index in [1.165, 1.54) is 11.1 Å². The molecule has 0 aliphatic rings. The molecule has 1 aromatic carbocycles. The number of aliphatic hydroxyl groups excluding tert-OH is 1. The molecule has 0 fully saturated rings. The number of unbranched alkanes of at least 4 members (excludes halogenated alkanes) is 1. The van der Waals surface area contributed by atoms with Gasteiger partial charge in [0.25, 0.3) is 0 Å². The first-order valence-corrected chi connectivity index (χ1v) is 6.65. The first-order valence-electron chi connectivity index (χ1n) is 6.65. The van der Waals surface area contributed by atoms with Crippen molar-refractivity contribution in [3.8, 4) is 0 Å². The second-order valence-corrected chi connectivity index (χ2v) is 5.98. The summed E-state index contributed by atoms with van der Waals surface area (Å²) in [5, 5.41) is 10.2. The van der Waals surface area contributed by atoms with Crippen molar-refractivity contribution in [3.63, 3.8) is 0 Å². The quantitative estimate of drug-likeness (QED) is 0.812. The van der Waals surface area contributed by atoms with Crippen molar-refractivity contribution >= 4 is 0 Å². The highest BCUT2D eigenvalue weighted by Crippen LogP contribution is 2.29. The average molecular weight is 234 g/mol. The first-order chi connectivity index (χ1) is 7.86. The van der Waals surface area contributed by atoms with E-state index >= 15 is 0 Å². The highest BCUT2D eigenvalue weighted by molar-refractivity contribution is 5.35. The lowest BCUT2D eigenvalue weighted by atomic mass is 9.84. The Kier molecular flexibility index (Phi) is 4.76. The molecule has 1 unspecified atom stereocenters. The van der Waals surface area contributed by atoms with Crippen LogP contribution in [0.1, 0.15) is 69.8 Å². The molecule has 0 aliphatic carbocycles. The van der Waals surface area contributed by atoms with Crippen molar-refractivity contribution < 1.29 is 5.11 Å². The maximum Gasteiger partial charge on any atom is 0.0792 e. The number of benzene rings is 1. The maximum atomic E-state index is 10.2. The van der Waals surface area contributed by atoms with Crippen molar-refractivity contribution in [2.24, 2.45) is 0 Å². The van der Waals surface area contributed by atoms with Gasteiger partial charge in [-0.15, -0.1) is 0 Å². The summed E-state index contributed by atoms with van der Waals surface area (Å²) in [6, 6.07) is 6.48. The van der Waals surface area contributed by atoms with E-state index in [-0.39, 0.29) is 11.5 Å². The Hall–Kier alpha value is -0.820. The van der Waals surface area contributed by atoms with E-state index in [1.54, 1.807) is 0 Å². The smallest absolute Gasteiger partial charge is 0.0792 e. The third-order valence-corrected chi connectivity index (χ3v) is 3.34. The van der Waals surface area contributed by atoms with Crippen LogP contribution in [-0.2, 0) is 5.41 Å². The van der Waals surface area contributed by atoms with Gasteiger partial charge in [-0.2, -0.15) is 0 Å². The zero-order chi connectivity index (χ0) is 13.1. The van der Waals surface area contributed by atoms with E-state index in [0.717, 1.165) is 24.8 Å². The number of hydrogen-bond acceptors (Lipinski definition) is 1. The molecule has 1 N–H and O–H groups in total. The van der Waals surface area contributed by atoms with E-state index in [1.807, 2.05) is 0 Å². The summed E-state index contributed by atoms with van der Waals surface area (Å²) in [6.45, 7) is 10.9. The van der Waals surface area contributed by atoms with E-state index in [9.17, 15) is 5.11 Å². The van der Waals surface area contributed by atoms with Gasteiger partial charge in [-0.05, 0) is 35.4 Å². The summed E-state index contributed by atoms with van der Waals surface area (Å²) in [4.78, 5) is 0. The fourth-order valence-corrected chi connectivity index (χ4v) is 2.02. The summed E-state index contributed by atoms with van der Waals surface area (Å²) >= 11 is 0. The molecule has 0 amide bonds. The molecule has 0 saturated carbocycles. The summed E-state index contributed by atoms with van der Waals surface area (Å²) in [7, 11) is 0. The molecule has 1 nitrogen and oxygen atoms in total. The maximum absolute atomic E-state index is 10.2. The van der Waals surface area contributed by atoms with Gasteiger partial charge in [0.15, 0.2) is 0 Å². The molecular formula is C16H26O. The van der Waals surface area contributed by atoms with Crippen LogP contribution in [0.25, 0.3) is 0 Å². The molecule has 0 heterocycles. The summed E-state index contributed by atoms with van der Waals surface area (Å²) in [6.07, 6.45) is 2.78. The van der Waals surface area contributed by atoms with Gasteiger partial charge in [0.1, 0.15) is 0 Å². The van der Waals surface area contributed by atoms with Crippen LogP contribution in [0.5, 0.6) is 0 Å². The minimum atomic E-state index is -0.308. The first kappa shape index (κ1) is 14.2. The predicted octanol–water partition coefficient (Wildman–Crippen LogP) is 4.52. The molecule has 0 aliphatic heterocycles. The van der Waals surface area contributed by atoms with Gasteiger partial charge in [0.05, 0.1) is 6.10 Å². The fourth-order valence-electron chi connectivity index (χ4n) is 2.02. The third-order valence-electron chi connectivity index (χ3n) is 3.34. The molecule has 0 aromatic heterocycles. The standard InChI is InChI=1S/C16H26O/c1-6-7-8-15(17)14-11-13(16(3,4)5)10-9-12(14)2/h9-11,15,17H,6-8H2,1-5H3. The zero-order valence-corrected chi connectivity index (χ0v) is 11.9. The molecular weight excluding hydrogens is 208 g/mol. The minimum absolute atomic E-state index is 0.146. The fraction of sp³-hybridized carbons (Fsp3) is 0.625. The zero-order valence-electron chi connectivity index (χ0n) is 11.9. The molecule has 0 spiro atoms. The number of aryl methyl sites for hydroxylation is 1. The average Bonchev–Trinajstić information content (AvgIpc) is 2.24. The predicted molar refractivity (Wildman–Crippen MR) is 74.4 cm³/mol. The van der Waals surface area contributed by atoms with Crippen LogP contribution in [0, 0.1) is 6.92 Å². The van der Waals surface area contributed by atoms with Crippen molar-refractivity contribution in [2.45, 2.75) is 65.4 Å². The van der Waals surface area contributed by atoms with Crippen LogP contribution >= 0.6 is 0 Å². The normalized spacial score (nSPS) is 13.8. The lowest BCUT2D eigenvalue weighted by molar-refractivity contribution is 0.163. The summed E-state index contributed by atoms with van der Waals surface area (Å²) in [5.74, 6) is 0. The molecule has 0 bridgehead atoms. The molecule has 1 aromatic rings. The van der Waals surface area contributed by atoms with Crippen molar-refractivity contribution in [1.82, 2.24) is 0 Å². The van der Waals surface area contributed by atoms with Crippen LogP contribution in [-0.4, -0.2) is 5.11 Å². The van der Waals surface area contributed by atoms with Crippen LogP contribution in [0.4, 0.5) is 0 Å². The van der Waals surface area contributed by atoms with Gasteiger partial charge >= 0.3 is 0 Å². The number of rotatable bonds is 4. The van der Waals surface area contributed by atoms with Gasteiger partial charge in [-0.1, -0.05) is 58.7 Å². The van der Waals surface area contributed by atoms with E-state index in [2.05, 4.69) is 52.8 Å². The van der Waals surface area contributed by atoms with E-state index in [0.29, 0.717) is 0 Å². The van der Waals surface area contributed by atoms with Gasteiger partial charge < -0.3 is 5.11 Å². The molecule has 17 heavy (non-hydrogen) atoms.